The largest absolute Gasteiger partial charge is 0.488 e. The molecule has 45 heavy (non-hydrogen) atoms. The number of carbonyl (C=O) groups excluding carboxylic acids is 2. The molecule has 9 heteroatoms. The van der Waals surface area contributed by atoms with Gasteiger partial charge in [0, 0.05) is 36.9 Å². The third-order valence-corrected chi connectivity index (χ3v) is 7.80. The smallest absolute Gasteiger partial charge is 0.323 e. The molecule has 1 aliphatic heterocycles. The molecular weight excluding hydrogens is 568 g/mol. The maximum absolute atomic E-state index is 13.8. The average molecular weight is 609 g/mol. The van der Waals surface area contributed by atoms with E-state index in [9.17, 15) is 14.7 Å². The van der Waals surface area contributed by atoms with Crippen molar-refractivity contribution in [2.45, 2.75) is 32.5 Å². The lowest BCUT2D eigenvalue weighted by Crippen LogP contribution is -2.49. The molecule has 1 aliphatic rings. The van der Waals surface area contributed by atoms with Crippen LogP contribution >= 0.6 is 0 Å². The van der Waals surface area contributed by atoms with E-state index in [0.717, 1.165) is 17.1 Å². The van der Waals surface area contributed by atoms with Crippen molar-refractivity contribution in [3.8, 4) is 17.2 Å². The zero-order chi connectivity index (χ0) is 31.8. The number of nitrogens with zero attached hydrogens (tertiary/aromatic N) is 2. The minimum Gasteiger partial charge on any atom is -0.488 e. The van der Waals surface area contributed by atoms with E-state index in [1.807, 2.05) is 74.6 Å². The van der Waals surface area contributed by atoms with Crippen LogP contribution in [0.15, 0.2) is 103 Å². The topological polar surface area (TPSA) is 103 Å². The number of nitrogens with one attached hydrogen (secondary N) is 2. The zero-order valence-corrected chi connectivity index (χ0v) is 25.9. The number of fused-ring (bicyclic) bond motifs is 1. The van der Waals surface area contributed by atoms with Crippen LogP contribution in [0, 0.1) is 5.92 Å². The quantitative estimate of drug-likeness (QED) is 0.191. The van der Waals surface area contributed by atoms with Crippen molar-refractivity contribution in [1.29, 1.82) is 0 Å². The van der Waals surface area contributed by atoms with E-state index in [0.29, 0.717) is 42.3 Å². The second kappa shape index (κ2) is 14.7. The highest BCUT2D eigenvalue weighted by Crippen LogP contribution is 2.31. The summed E-state index contributed by atoms with van der Waals surface area (Å²) in [5.41, 5.74) is 2.58. The third kappa shape index (κ3) is 8.41. The van der Waals surface area contributed by atoms with E-state index in [1.165, 1.54) is 0 Å². The van der Waals surface area contributed by atoms with Gasteiger partial charge in [-0.1, -0.05) is 55.5 Å². The summed E-state index contributed by atoms with van der Waals surface area (Å²) < 4.78 is 12.5. The van der Waals surface area contributed by atoms with Crippen LogP contribution in [-0.2, 0) is 6.54 Å². The second-order valence-corrected chi connectivity index (χ2v) is 11.5. The molecule has 234 valence electrons. The highest BCUT2D eigenvalue weighted by atomic mass is 16.5. The van der Waals surface area contributed by atoms with Crippen LogP contribution in [0.5, 0.6) is 17.2 Å². The number of hydrogen-bond acceptors (Lipinski definition) is 6. The number of rotatable bonds is 10. The fourth-order valence-electron chi connectivity index (χ4n) is 5.30. The number of aliphatic hydroxyl groups is 1. The number of aliphatic hydroxyl groups excluding tert-OH is 1. The van der Waals surface area contributed by atoms with Crippen molar-refractivity contribution < 1.29 is 24.2 Å². The number of para-hydroxylation sites is 2. The lowest BCUT2D eigenvalue weighted by atomic mass is 9.99. The molecule has 0 bridgehead atoms. The van der Waals surface area contributed by atoms with Gasteiger partial charge in [0.05, 0.1) is 18.2 Å². The molecule has 3 amide bonds. The zero-order valence-electron chi connectivity index (χ0n) is 25.9. The normalized spacial score (nSPS) is 17.0. The standard InChI is InChI=1S/C36H40N4O5/c1-25-21-40(26(2)24-41)35(42)32-20-29(38-36(43)37-28-10-6-4-7-11-28)16-19-33(32)45-34(25)23-39(3)22-27-14-17-31(18-15-27)44-30-12-8-5-9-13-30/h4-20,25-26,34,41H,21-24H2,1-3H3,(H2,37,38,43)/t25-,26+,34+/m1/s1. The number of carbonyl (C=O) groups is 2. The van der Waals surface area contributed by atoms with Gasteiger partial charge < -0.3 is 30.1 Å². The van der Waals surface area contributed by atoms with Crippen molar-refractivity contribution in [3.63, 3.8) is 0 Å². The molecule has 3 atom stereocenters. The van der Waals surface area contributed by atoms with Crippen LogP contribution in [0.3, 0.4) is 0 Å². The highest BCUT2D eigenvalue weighted by Gasteiger charge is 2.33. The van der Waals surface area contributed by atoms with Gasteiger partial charge in [0.1, 0.15) is 23.4 Å². The van der Waals surface area contributed by atoms with E-state index in [2.05, 4.69) is 34.6 Å². The van der Waals surface area contributed by atoms with Crippen molar-refractivity contribution in [2.75, 3.05) is 37.4 Å². The van der Waals surface area contributed by atoms with Crippen molar-refractivity contribution in [3.05, 3.63) is 114 Å². The minimum atomic E-state index is -0.422. The summed E-state index contributed by atoms with van der Waals surface area (Å²) in [6, 6.07) is 31.1. The first-order valence-electron chi connectivity index (χ1n) is 15.1. The Morgan fingerprint density at radius 2 is 1.60 bits per heavy atom. The monoisotopic (exact) mass is 608 g/mol. The summed E-state index contributed by atoms with van der Waals surface area (Å²) in [5, 5.41) is 15.6. The van der Waals surface area contributed by atoms with Crippen LogP contribution in [0.25, 0.3) is 0 Å². The Labute approximate surface area is 264 Å². The van der Waals surface area contributed by atoms with Gasteiger partial charge in [-0.15, -0.1) is 0 Å². The minimum absolute atomic E-state index is 0.0188. The average Bonchev–Trinajstić information content (AvgIpc) is 3.04. The number of likely N-dealkylation sites (N-methyl/N-ethyl adjacent to an activating group) is 1. The maximum atomic E-state index is 13.8. The predicted octanol–water partition coefficient (Wildman–Crippen LogP) is 6.48. The van der Waals surface area contributed by atoms with Gasteiger partial charge in [-0.25, -0.2) is 4.79 Å². The molecule has 0 saturated carbocycles. The number of anilines is 2. The fraction of sp³-hybridized carbons (Fsp3) is 0.278. The molecule has 0 unspecified atom stereocenters. The van der Waals surface area contributed by atoms with Crippen LogP contribution in [0.1, 0.15) is 29.8 Å². The van der Waals surface area contributed by atoms with E-state index >= 15 is 0 Å². The van der Waals surface area contributed by atoms with Gasteiger partial charge in [-0.2, -0.15) is 0 Å². The number of urea groups is 1. The van der Waals surface area contributed by atoms with Crippen molar-refractivity contribution in [2.24, 2.45) is 5.92 Å². The molecule has 0 saturated heterocycles. The number of amides is 3. The first kappa shape index (κ1) is 31.6. The molecule has 0 radical (unpaired) electrons. The first-order valence-corrected chi connectivity index (χ1v) is 15.1. The van der Waals surface area contributed by atoms with Crippen LogP contribution in [0.4, 0.5) is 16.2 Å². The molecule has 3 N–H and O–H groups in total. The summed E-state index contributed by atoms with van der Waals surface area (Å²) in [4.78, 5) is 30.3. The Bertz CT molecular complexity index is 1570. The molecule has 9 nitrogen and oxygen atoms in total. The van der Waals surface area contributed by atoms with Gasteiger partial charge in [-0.05, 0) is 74.1 Å². The SMILES string of the molecule is C[C@@H]1CN([C@@H](C)CO)C(=O)c2cc(NC(=O)Nc3ccccc3)ccc2O[C@H]1CN(C)Cc1ccc(Oc2ccccc2)cc1. The summed E-state index contributed by atoms with van der Waals surface area (Å²) in [6.07, 6.45) is -0.240. The molecule has 0 aromatic heterocycles. The summed E-state index contributed by atoms with van der Waals surface area (Å²) in [5.74, 6) is 1.73. The number of hydrogen-bond donors (Lipinski definition) is 3. The van der Waals surface area contributed by atoms with Gasteiger partial charge in [0.15, 0.2) is 0 Å². The maximum Gasteiger partial charge on any atom is 0.323 e. The van der Waals surface area contributed by atoms with Crippen molar-refractivity contribution in [1.82, 2.24) is 9.80 Å². The third-order valence-electron chi connectivity index (χ3n) is 7.80. The summed E-state index contributed by atoms with van der Waals surface area (Å²) in [6.45, 7) is 5.44. The van der Waals surface area contributed by atoms with Gasteiger partial charge in [0.25, 0.3) is 5.91 Å². The lowest BCUT2D eigenvalue weighted by Gasteiger charge is -2.38. The van der Waals surface area contributed by atoms with Crippen LogP contribution in [-0.4, -0.2) is 65.7 Å². The second-order valence-electron chi connectivity index (χ2n) is 11.5. The predicted molar refractivity (Wildman–Crippen MR) is 176 cm³/mol. The number of benzene rings is 4. The van der Waals surface area contributed by atoms with E-state index in [1.54, 1.807) is 35.2 Å². The van der Waals surface area contributed by atoms with E-state index in [-0.39, 0.29) is 30.6 Å². The molecule has 1 heterocycles. The fourth-order valence-corrected chi connectivity index (χ4v) is 5.30. The Morgan fingerprint density at radius 3 is 2.29 bits per heavy atom. The molecule has 0 fully saturated rings. The Kier molecular flexibility index (Phi) is 10.3. The Balaban J connectivity index is 1.29. The molecule has 5 rings (SSSR count). The Morgan fingerprint density at radius 1 is 0.956 bits per heavy atom. The number of ether oxygens (including phenoxy) is 2. The molecule has 0 spiro atoms. The van der Waals surface area contributed by atoms with Crippen molar-refractivity contribution >= 4 is 23.3 Å². The summed E-state index contributed by atoms with van der Waals surface area (Å²) in [7, 11) is 2.04. The first-order chi connectivity index (χ1) is 21.8. The lowest BCUT2D eigenvalue weighted by molar-refractivity contribution is 0.0341. The van der Waals surface area contributed by atoms with Crippen LogP contribution in [0.2, 0.25) is 0 Å². The van der Waals surface area contributed by atoms with E-state index in [4.69, 9.17) is 9.47 Å². The van der Waals surface area contributed by atoms with Gasteiger partial charge >= 0.3 is 6.03 Å². The Hall–Kier alpha value is -4.86. The molecule has 4 aromatic carbocycles. The van der Waals surface area contributed by atoms with E-state index < -0.39 is 6.03 Å². The highest BCUT2D eigenvalue weighted by molar-refractivity contribution is 6.02. The summed E-state index contributed by atoms with van der Waals surface area (Å²) >= 11 is 0. The molecule has 0 aliphatic carbocycles. The molecule has 4 aromatic rings. The van der Waals surface area contributed by atoms with Gasteiger partial charge in [-0.3, -0.25) is 9.69 Å². The van der Waals surface area contributed by atoms with Crippen LogP contribution < -0.4 is 20.1 Å². The molecular formula is C36H40N4O5. The van der Waals surface area contributed by atoms with Gasteiger partial charge in [0.2, 0.25) is 0 Å².